The van der Waals surface area contributed by atoms with Crippen molar-refractivity contribution in [2.24, 2.45) is 0 Å². The van der Waals surface area contributed by atoms with Gasteiger partial charge in [0.15, 0.2) is 11.5 Å². The molecule has 0 radical (unpaired) electrons. The van der Waals surface area contributed by atoms with Gasteiger partial charge in [0.25, 0.3) is 5.91 Å². The van der Waals surface area contributed by atoms with Crippen LogP contribution in [0.4, 0.5) is 5.69 Å². The lowest BCUT2D eigenvalue weighted by molar-refractivity contribution is 0.102. The van der Waals surface area contributed by atoms with Crippen LogP contribution in [0.1, 0.15) is 24.2 Å². The summed E-state index contributed by atoms with van der Waals surface area (Å²) in [4.78, 5) is 12.8. The van der Waals surface area contributed by atoms with Crippen molar-refractivity contribution in [1.29, 1.82) is 0 Å². The molecule has 0 heterocycles. The van der Waals surface area contributed by atoms with Crippen molar-refractivity contribution in [1.82, 2.24) is 0 Å². The van der Waals surface area contributed by atoms with Crippen LogP contribution < -0.4 is 19.5 Å². The van der Waals surface area contributed by atoms with E-state index in [2.05, 4.69) is 5.32 Å². The summed E-state index contributed by atoms with van der Waals surface area (Å²) in [6.45, 7) is 3.85. The van der Waals surface area contributed by atoms with Crippen molar-refractivity contribution in [3.8, 4) is 17.2 Å². The molecule has 134 valence electrons. The number of hydrogen-bond acceptors (Lipinski definition) is 4. The van der Waals surface area contributed by atoms with Gasteiger partial charge in [-0.1, -0.05) is 29.3 Å². The first-order chi connectivity index (χ1) is 11.9. The number of hydrogen-bond donors (Lipinski definition) is 1. The second kappa shape index (κ2) is 8.32. The maximum atomic E-state index is 12.8. The van der Waals surface area contributed by atoms with Crippen LogP contribution >= 0.6 is 23.2 Å². The molecule has 2 aromatic carbocycles. The van der Waals surface area contributed by atoms with Crippen LogP contribution in [0.2, 0.25) is 10.0 Å². The Morgan fingerprint density at radius 1 is 1.04 bits per heavy atom. The fourth-order valence-electron chi connectivity index (χ4n) is 2.30. The molecule has 0 aliphatic heterocycles. The van der Waals surface area contributed by atoms with Gasteiger partial charge in [-0.25, -0.2) is 0 Å². The number of anilines is 1. The van der Waals surface area contributed by atoms with Gasteiger partial charge in [0.1, 0.15) is 11.3 Å². The Kier molecular flexibility index (Phi) is 6.39. The normalized spacial score (nSPS) is 10.5. The quantitative estimate of drug-likeness (QED) is 0.757. The van der Waals surface area contributed by atoms with E-state index in [1.807, 2.05) is 19.9 Å². The van der Waals surface area contributed by atoms with E-state index in [9.17, 15) is 4.79 Å². The summed E-state index contributed by atoms with van der Waals surface area (Å²) in [6, 6.07) is 8.54. The first kappa shape index (κ1) is 19.2. The van der Waals surface area contributed by atoms with Crippen molar-refractivity contribution >= 4 is 34.8 Å². The fraction of sp³-hybridized carbons (Fsp3) is 0.278. The third-order valence-electron chi connectivity index (χ3n) is 3.24. The molecule has 0 aliphatic carbocycles. The summed E-state index contributed by atoms with van der Waals surface area (Å²) >= 11 is 12.3. The highest BCUT2D eigenvalue weighted by atomic mass is 35.5. The summed E-state index contributed by atoms with van der Waals surface area (Å²) < 4.78 is 16.1. The summed E-state index contributed by atoms with van der Waals surface area (Å²) in [5, 5.41) is 3.22. The highest BCUT2D eigenvalue weighted by Gasteiger charge is 2.24. The van der Waals surface area contributed by atoms with Gasteiger partial charge in [-0.3, -0.25) is 4.79 Å². The Balaban J connectivity index is 2.38. The van der Waals surface area contributed by atoms with Crippen molar-refractivity contribution < 1.29 is 19.0 Å². The fourth-order valence-corrected chi connectivity index (χ4v) is 2.92. The van der Waals surface area contributed by atoms with Gasteiger partial charge in [-0.05, 0) is 32.0 Å². The molecule has 0 fully saturated rings. The summed E-state index contributed by atoms with van der Waals surface area (Å²) in [5.41, 5.74) is 0.682. The van der Waals surface area contributed by atoms with Crippen molar-refractivity contribution in [3.05, 3.63) is 45.9 Å². The van der Waals surface area contributed by atoms with Gasteiger partial charge in [0, 0.05) is 11.8 Å². The zero-order valence-electron chi connectivity index (χ0n) is 14.4. The van der Waals surface area contributed by atoms with Crippen LogP contribution in [0, 0.1) is 0 Å². The van der Waals surface area contributed by atoms with E-state index in [0.717, 1.165) is 0 Å². The van der Waals surface area contributed by atoms with Gasteiger partial charge in [0.05, 0.1) is 30.4 Å². The first-order valence-corrected chi connectivity index (χ1v) is 8.31. The number of nitrogens with one attached hydrogen (secondary N) is 1. The van der Waals surface area contributed by atoms with E-state index in [4.69, 9.17) is 37.4 Å². The van der Waals surface area contributed by atoms with E-state index in [1.165, 1.54) is 20.3 Å². The molecule has 0 saturated heterocycles. The average Bonchev–Trinajstić information content (AvgIpc) is 2.53. The van der Waals surface area contributed by atoms with Gasteiger partial charge in [0.2, 0.25) is 0 Å². The van der Waals surface area contributed by atoms with Gasteiger partial charge in [-0.2, -0.15) is 0 Å². The monoisotopic (exact) mass is 383 g/mol. The van der Waals surface area contributed by atoms with E-state index in [-0.39, 0.29) is 33.2 Å². The number of benzene rings is 2. The largest absolute Gasteiger partial charge is 0.494 e. The molecule has 0 unspecified atom stereocenters. The standard InChI is InChI=1S/C18H19Cl2NO4/c1-10(2)25-12-7-5-6-11(8-12)21-18(22)15-16(23-3)13(19)9-14(20)17(15)24-4/h5-10H,1-4H3,(H,21,22). The smallest absolute Gasteiger partial charge is 0.263 e. The highest BCUT2D eigenvalue weighted by Crippen LogP contribution is 2.41. The Labute approximate surface area is 156 Å². The Bertz CT molecular complexity index is 750. The molecular weight excluding hydrogens is 365 g/mol. The molecule has 0 aliphatic rings. The molecule has 0 atom stereocenters. The SMILES string of the molecule is COc1c(Cl)cc(Cl)c(OC)c1C(=O)Nc1cccc(OC(C)C)c1. The molecule has 1 N–H and O–H groups in total. The molecule has 1 amide bonds. The lowest BCUT2D eigenvalue weighted by Crippen LogP contribution is -2.15. The lowest BCUT2D eigenvalue weighted by atomic mass is 10.1. The number of amides is 1. The van der Waals surface area contributed by atoms with E-state index in [0.29, 0.717) is 11.4 Å². The van der Waals surface area contributed by atoms with Crippen molar-refractivity contribution in [2.75, 3.05) is 19.5 Å². The number of carbonyl (C=O) groups is 1. The zero-order valence-corrected chi connectivity index (χ0v) is 15.9. The van der Waals surface area contributed by atoms with E-state index >= 15 is 0 Å². The van der Waals surface area contributed by atoms with Crippen molar-refractivity contribution in [2.45, 2.75) is 20.0 Å². The van der Waals surface area contributed by atoms with Gasteiger partial charge in [-0.15, -0.1) is 0 Å². The highest BCUT2D eigenvalue weighted by molar-refractivity contribution is 6.37. The third kappa shape index (κ3) is 4.50. The topological polar surface area (TPSA) is 56.8 Å². The predicted octanol–water partition coefficient (Wildman–Crippen LogP) is 5.05. The Morgan fingerprint density at radius 2 is 1.64 bits per heavy atom. The number of rotatable bonds is 6. The minimum absolute atomic E-state index is 0.0258. The first-order valence-electron chi connectivity index (χ1n) is 7.55. The summed E-state index contributed by atoms with van der Waals surface area (Å²) in [7, 11) is 2.84. The molecule has 0 spiro atoms. The molecule has 5 nitrogen and oxygen atoms in total. The molecule has 2 aromatic rings. The second-order valence-electron chi connectivity index (χ2n) is 5.43. The number of carbonyl (C=O) groups excluding carboxylic acids is 1. The minimum Gasteiger partial charge on any atom is -0.494 e. The number of methoxy groups -OCH3 is 2. The van der Waals surface area contributed by atoms with Gasteiger partial charge >= 0.3 is 0 Å². The minimum atomic E-state index is -0.459. The summed E-state index contributed by atoms with van der Waals surface area (Å²) in [5.74, 6) is 0.570. The molecule has 0 saturated carbocycles. The third-order valence-corrected chi connectivity index (χ3v) is 3.80. The Morgan fingerprint density at radius 3 is 2.16 bits per heavy atom. The summed E-state index contributed by atoms with van der Waals surface area (Å²) in [6.07, 6.45) is 0.0258. The Hall–Kier alpha value is -2.11. The predicted molar refractivity (Wildman–Crippen MR) is 99.7 cm³/mol. The van der Waals surface area contributed by atoms with Crippen molar-refractivity contribution in [3.63, 3.8) is 0 Å². The number of halogens is 2. The zero-order chi connectivity index (χ0) is 18.6. The number of ether oxygens (including phenoxy) is 3. The second-order valence-corrected chi connectivity index (χ2v) is 6.24. The molecule has 0 bridgehead atoms. The maximum Gasteiger partial charge on any atom is 0.263 e. The van der Waals surface area contributed by atoms with Crippen LogP contribution in [0.3, 0.4) is 0 Å². The average molecular weight is 384 g/mol. The van der Waals surface area contributed by atoms with Gasteiger partial charge < -0.3 is 19.5 Å². The van der Waals surface area contributed by atoms with Crippen LogP contribution in [-0.4, -0.2) is 26.2 Å². The van der Waals surface area contributed by atoms with Crippen LogP contribution in [0.15, 0.2) is 30.3 Å². The molecular formula is C18H19Cl2NO4. The van der Waals surface area contributed by atoms with Crippen LogP contribution in [0.5, 0.6) is 17.2 Å². The van der Waals surface area contributed by atoms with Crippen LogP contribution in [-0.2, 0) is 0 Å². The van der Waals surface area contributed by atoms with E-state index in [1.54, 1.807) is 18.2 Å². The van der Waals surface area contributed by atoms with Crippen LogP contribution in [0.25, 0.3) is 0 Å². The molecule has 7 heteroatoms. The maximum absolute atomic E-state index is 12.8. The molecule has 0 aromatic heterocycles. The van der Waals surface area contributed by atoms with E-state index < -0.39 is 5.91 Å². The molecule has 2 rings (SSSR count). The molecule has 25 heavy (non-hydrogen) atoms. The lowest BCUT2D eigenvalue weighted by Gasteiger charge is -2.16.